The summed E-state index contributed by atoms with van der Waals surface area (Å²) < 4.78 is 0. The normalized spacial score (nSPS) is 13.1. The van der Waals surface area contributed by atoms with Crippen molar-refractivity contribution < 1.29 is 4.79 Å². The van der Waals surface area contributed by atoms with Crippen LogP contribution in [0.2, 0.25) is 5.02 Å². The van der Waals surface area contributed by atoms with Crippen LogP contribution in [0.15, 0.2) is 51.2 Å². The number of nitrogens with zero attached hydrogens (tertiary/aromatic N) is 1. The van der Waals surface area contributed by atoms with Crippen LogP contribution < -0.4 is 0 Å². The molecule has 0 saturated heterocycles. The van der Waals surface area contributed by atoms with Gasteiger partial charge in [-0.2, -0.15) is 0 Å². The smallest absolute Gasteiger partial charge is 0.252 e. The van der Waals surface area contributed by atoms with Gasteiger partial charge in [0.15, 0.2) is 0 Å². The molecule has 2 aromatic rings. The fourth-order valence-corrected chi connectivity index (χ4v) is 3.43. The van der Waals surface area contributed by atoms with E-state index in [2.05, 4.69) is 4.99 Å². The lowest BCUT2D eigenvalue weighted by Crippen LogP contribution is -1.92. The minimum atomic E-state index is -0.520. The van der Waals surface area contributed by atoms with Crippen molar-refractivity contribution in [2.45, 2.75) is 9.79 Å². The molecule has 0 amide bonds. The van der Waals surface area contributed by atoms with Crippen molar-refractivity contribution in [3.05, 3.63) is 52.5 Å². The molecule has 0 radical (unpaired) electrons. The van der Waals surface area contributed by atoms with Crippen molar-refractivity contribution in [2.24, 2.45) is 4.99 Å². The molecule has 0 aliphatic carbocycles. The summed E-state index contributed by atoms with van der Waals surface area (Å²) in [6, 6.07) is 10.6. The van der Waals surface area contributed by atoms with Crippen molar-refractivity contribution in [1.29, 1.82) is 0 Å². The van der Waals surface area contributed by atoms with E-state index in [1.165, 1.54) is 11.8 Å². The maximum atomic E-state index is 11.2. The predicted molar refractivity (Wildman–Crippen MR) is 84.3 cm³/mol. The van der Waals surface area contributed by atoms with Crippen molar-refractivity contribution in [3.8, 4) is 0 Å². The second-order valence-corrected chi connectivity index (χ2v) is 6.32. The van der Waals surface area contributed by atoms with E-state index in [-0.39, 0.29) is 0 Å². The molecular weight excluding hydrogens is 337 g/mol. The number of fused-ring (bicyclic) bond motifs is 2. The molecule has 2 aromatic carbocycles. The fourth-order valence-electron chi connectivity index (χ4n) is 1.85. The van der Waals surface area contributed by atoms with Crippen LogP contribution in [-0.4, -0.2) is 10.4 Å². The maximum Gasteiger partial charge on any atom is 0.252 e. The Balaban J connectivity index is 2.18. The zero-order chi connectivity index (χ0) is 14.3. The number of carbonyl (C=O) groups is 1. The monoisotopic (exact) mass is 341 g/mol. The summed E-state index contributed by atoms with van der Waals surface area (Å²) in [4.78, 5) is 17.5. The highest BCUT2D eigenvalue weighted by atomic mass is 35.5. The summed E-state index contributed by atoms with van der Waals surface area (Å²) in [7, 11) is 0. The summed E-state index contributed by atoms with van der Waals surface area (Å²) in [6.07, 6.45) is 0. The van der Waals surface area contributed by atoms with E-state index >= 15 is 0 Å². The summed E-state index contributed by atoms with van der Waals surface area (Å²) in [5.74, 6) is 0. The molecule has 2 nitrogen and oxygen atoms in total. The van der Waals surface area contributed by atoms with Gasteiger partial charge in [-0.25, -0.2) is 4.99 Å². The lowest BCUT2D eigenvalue weighted by atomic mass is 10.2. The lowest BCUT2D eigenvalue weighted by Gasteiger charge is -2.05. The second-order valence-electron chi connectivity index (χ2n) is 4.10. The van der Waals surface area contributed by atoms with Gasteiger partial charge in [0.25, 0.3) is 5.24 Å². The number of aliphatic imine (C=N–C) groups is 1. The van der Waals surface area contributed by atoms with E-state index in [0.29, 0.717) is 21.4 Å². The summed E-state index contributed by atoms with van der Waals surface area (Å²) in [5, 5.41) is 0.419. The molecule has 0 unspecified atom stereocenters. The largest absolute Gasteiger partial charge is 0.276 e. The van der Waals surface area contributed by atoms with Gasteiger partial charge in [-0.3, -0.25) is 4.79 Å². The Hall–Kier alpha value is -1.000. The zero-order valence-electron chi connectivity index (χ0n) is 9.86. The Labute approximate surface area is 134 Å². The van der Waals surface area contributed by atoms with Crippen molar-refractivity contribution in [3.63, 3.8) is 0 Å². The standard InChI is InChI=1S/C14H6Cl3NOS/c15-8-2-4-11-9(6-8)13(16)18-10-5-7(14(17)19)1-3-12(10)20-11/h1-6H. The number of hydrogen-bond acceptors (Lipinski definition) is 3. The van der Waals surface area contributed by atoms with E-state index in [0.717, 1.165) is 15.4 Å². The molecule has 1 aliphatic heterocycles. The molecule has 0 N–H and O–H groups in total. The summed E-state index contributed by atoms with van der Waals surface area (Å²) >= 11 is 19.2. The topological polar surface area (TPSA) is 29.4 Å². The van der Waals surface area contributed by atoms with Gasteiger partial charge in [0.05, 0.1) is 5.69 Å². The second kappa shape index (κ2) is 5.41. The third-order valence-corrected chi connectivity index (χ3v) is 4.67. The number of benzene rings is 2. The Morgan fingerprint density at radius 2 is 1.80 bits per heavy atom. The minimum absolute atomic E-state index is 0.341. The van der Waals surface area contributed by atoms with E-state index in [1.807, 2.05) is 12.1 Å². The van der Waals surface area contributed by atoms with E-state index < -0.39 is 5.24 Å². The Kier molecular flexibility index (Phi) is 3.78. The average Bonchev–Trinajstić information content (AvgIpc) is 2.54. The highest BCUT2D eigenvalue weighted by Crippen LogP contribution is 2.42. The third kappa shape index (κ3) is 2.59. The fraction of sp³-hybridized carbons (Fsp3) is 0. The SMILES string of the molecule is O=C(Cl)c1ccc2c(c1)N=C(Cl)c1cc(Cl)ccc1S2. The third-order valence-electron chi connectivity index (χ3n) is 2.79. The maximum absolute atomic E-state index is 11.2. The average molecular weight is 343 g/mol. The van der Waals surface area contributed by atoms with Gasteiger partial charge in [0.2, 0.25) is 0 Å². The molecule has 0 spiro atoms. The number of rotatable bonds is 1. The molecule has 20 heavy (non-hydrogen) atoms. The van der Waals surface area contributed by atoms with Gasteiger partial charge in [-0.15, -0.1) is 0 Å². The molecule has 0 fully saturated rings. The first-order valence-electron chi connectivity index (χ1n) is 5.60. The quantitative estimate of drug-likeness (QED) is 0.640. The van der Waals surface area contributed by atoms with Gasteiger partial charge >= 0.3 is 0 Å². The van der Waals surface area contributed by atoms with E-state index in [4.69, 9.17) is 34.8 Å². The highest BCUT2D eigenvalue weighted by molar-refractivity contribution is 7.99. The summed E-state index contributed by atoms with van der Waals surface area (Å²) in [6.45, 7) is 0. The van der Waals surface area contributed by atoms with Crippen LogP contribution in [-0.2, 0) is 0 Å². The molecule has 0 atom stereocenters. The van der Waals surface area contributed by atoms with Crippen LogP contribution >= 0.6 is 46.6 Å². The van der Waals surface area contributed by atoms with Crippen LogP contribution in [0.5, 0.6) is 0 Å². The molecule has 1 aliphatic rings. The van der Waals surface area contributed by atoms with Gasteiger partial charge in [0, 0.05) is 25.9 Å². The van der Waals surface area contributed by atoms with Gasteiger partial charge in [0.1, 0.15) is 5.17 Å². The molecular formula is C14H6Cl3NOS. The predicted octanol–water partition coefficient (Wildman–Crippen LogP) is 5.50. The van der Waals surface area contributed by atoms with Crippen LogP contribution in [0.25, 0.3) is 0 Å². The first-order valence-corrected chi connectivity index (χ1v) is 7.55. The molecule has 6 heteroatoms. The molecule has 3 rings (SSSR count). The van der Waals surface area contributed by atoms with Crippen molar-refractivity contribution >= 4 is 62.7 Å². The minimum Gasteiger partial charge on any atom is -0.276 e. The highest BCUT2D eigenvalue weighted by Gasteiger charge is 2.17. The molecule has 0 aromatic heterocycles. The Bertz CT molecular complexity index is 758. The first-order chi connectivity index (χ1) is 9.54. The Morgan fingerprint density at radius 1 is 1.05 bits per heavy atom. The molecule has 1 heterocycles. The van der Waals surface area contributed by atoms with E-state index in [9.17, 15) is 4.79 Å². The lowest BCUT2D eigenvalue weighted by molar-refractivity contribution is 0.108. The van der Waals surface area contributed by atoms with Crippen molar-refractivity contribution in [2.75, 3.05) is 0 Å². The van der Waals surface area contributed by atoms with Gasteiger partial charge < -0.3 is 0 Å². The molecule has 0 saturated carbocycles. The molecule has 100 valence electrons. The van der Waals surface area contributed by atoms with Gasteiger partial charge in [-0.1, -0.05) is 35.0 Å². The number of halogens is 3. The number of carbonyl (C=O) groups excluding carboxylic acids is 1. The molecule has 0 bridgehead atoms. The van der Waals surface area contributed by atoms with Crippen LogP contribution in [0.1, 0.15) is 15.9 Å². The summed E-state index contributed by atoms with van der Waals surface area (Å²) in [5.41, 5.74) is 1.79. The van der Waals surface area contributed by atoms with Crippen LogP contribution in [0.4, 0.5) is 5.69 Å². The Morgan fingerprint density at radius 3 is 2.55 bits per heavy atom. The first kappa shape index (κ1) is 14.0. The number of hydrogen-bond donors (Lipinski definition) is 0. The zero-order valence-corrected chi connectivity index (χ0v) is 12.9. The van der Waals surface area contributed by atoms with E-state index in [1.54, 1.807) is 24.3 Å². The van der Waals surface area contributed by atoms with Crippen LogP contribution in [0.3, 0.4) is 0 Å². The van der Waals surface area contributed by atoms with Gasteiger partial charge in [-0.05, 0) is 48.0 Å². The van der Waals surface area contributed by atoms with Crippen molar-refractivity contribution in [1.82, 2.24) is 0 Å². The van der Waals surface area contributed by atoms with Crippen LogP contribution in [0, 0.1) is 0 Å².